The van der Waals surface area contributed by atoms with Gasteiger partial charge >= 0.3 is 5.97 Å². The number of carboxylic acid groups (broad SMARTS) is 1. The molecule has 0 unspecified atom stereocenters. The number of hydrogen-bond donors (Lipinski definition) is 2. The highest BCUT2D eigenvalue weighted by Crippen LogP contribution is 2.52. The highest BCUT2D eigenvalue weighted by Gasteiger charge is 2.44. The molecule has 1 fully saturated rings. The van der Waals surface area contributed by atoms with E-state index < -0.39 is 5.97 Å². The first-order chi connectivity index (χ1) is 8.33. The van der Waals surface area contributed by atoms with Gasteiger partial charge in [0.2, 0.25) is 0 Å². The Bertz CT molecular complexity index is 410. The summed E-state index contributed by atoms with van der Waals surface area (Å²) in [5, 5.41) is 18.9. The van der Waals surface area contributed by atoms with E-state index in [1.165, 1.54) is 5.57 Å². The van der Waals surface area contributed by atoms with Gasteiger partial charge in [-0.15, -0.1) is 0 Å². The Balaban J connectivity index is 2.20. The zero-order chi connectivity index (χ0) is 13.5. The van der Waals surface area contributed by atoms with Gasteiger partial charge in [0.05, 0.1) is 6.10 Å². The van der Waals surface area contributed by atoms with Crippen LogP contribution in [-0.4, -0.2) is 22.3 Å². The van der Waals surface area contributed by atoms with E-state index >= 15 is 0 Å². The van der Waals surface area contributed by atoms with Crippen LogP contribution in [0, 0.1) is 17.3 Å². The summed E-state index contributed by atoms with van der Waals surface area (Å²) < 4.78 is 0. The van der Waals surface area contributed by atoms with Crippen molar-refractivity contribution in [1.29, 1.82) is 0 Å². The molecule has 18 heavy (non-hydrogen) atoms. The minimum atomic E-state index is -0.874. The Morgan fingerprint density at radius 3 is 2.83 bits per heavy atom. The molecule has 1 saturated carbocycles. The zero-order valence-electron chi connectivity index (χ0n) is 11.1. The molecule has 0 saturated heterocycles. The second-order valence-electron chi connectivity index (χ2n) is 6.19. The molecule has 3 heteroatoms. The lowest BCUT2D eigenvalue weighted by Crippen LogP contribution is -2.41. The predicted octanol–water partition coefficient (Wildman–Crippen LogP) is 2.76. The van der Waals surface area contributed by atoms with Crippen molar-refractivity contribution in [2.75, 3.05) is 0 Å². The molecule has 0 aromatic carbocycles. The summed E-state index contributed by atoms with van der Waals surface area (Å²) in [4.78, 5) is 11.0. The van der Waals surface area contributed by atoms with Crippen molar-refractivity contribution in [2.45, 2.75) is 45.6 Å². The van der Waals surface area contributed by atoms with Crippen molar-refractivity contribution in [2.24, 2.45) is 17.3 Å². The molecular formula is C15H22O3. The Labute approximate surface area is 108 Å². The monoisotopic (exact) mass is 250 g/mol. The largest absolute Gasteiger partial charge is 0.478 e. The maximum absolute atomic E-state index is 11.0. The fourth-order valence-corrected chi connectivity index (χ4v) is 3.79. The van der Waals surface area contributed by atoms with Crippen molar-refractivity contribution >= 4 is 5.97 Å². The van der Waals surface area contributed by atoms with Crippen LogP contribution in [0.1, 0.15) is 39.5 Å². The normalized spacial score (nSPS) is 39.7. The number of fused-ring (bicyclic) bond motifs is 1. The topological polar surface area (TPSA) is 57.5 Å². The number of aliphatic carboxylic acids is 1. The Morgan fingerprint density at radius 1 is 1.56 bits per heavy atom. The smallest absolute Gasteiger partial charge is 0.331 e. The number of aliphatic hydroxyl groups is 1. The third-order valence-corrected chi connectivity index (χ3v) is 4.87. The van der Waals surface area contributed by atoms with Crippen molar-refractivity contribution < 1.29 is 15.0 Å². The minimum Gasteiger partial charge on any atom is -0.478 e. The predicted molar refractivity (Wildman–Crippen MR) is 70.1 cm³/mol. The van der Waals surface area contributed by atoms with E-state index in [-0.39, 0.29) is 17.4 Å². The summed E-state index contributed by atoms with van der Waals surface area (Å²) in [6.07, 6.45) is 5.08. The second-order valence-corrected chi connectivity index (χ2v) is 6.19. The first-order valence-electron chi connectivity index (χ1n) is 6.62. The number of rotatable bonds is 2. The zero-order valence-corrected chi connectivity index (χ0v) is 11.1. The van der Waals surface area contributed by atoms with E-state index in [1.807, 2.05) is 6.08 Å². The van der Waals surface area contributed by atoms with E-state index in [0.29, 0.717) is 11.5 Å². The first kappa shape index (κ1) is 13.3. The van der Waals surface area contributed by atoms with Gasteiger partial charge in [0.15, 0.2) is 0 Å². The average Bonchev–Trinajstić information content (AvgIpc) is 2.26. The van der Waals surface area contributed by atoms with Gasteiger partial charge in [0.25, 0.3) is 0 Å². The third-order valence-electron chi connectivity index (χ3n) is 4.87. The molecule has 2 aliphatic carbocycles. The van der Waals surface area contributed by atoms with Crippen molar-refractivity contribution in [3.05, 3.63) is 23.8 Å². The Kier molecular flexibility index (Phi) is 3.37. The average molecular weight is 250 g/mol. The van der Waals surface area contributed by atoms with Crippen LogP contribution in [0.25, 0.3) is 0 Å². The standard InChI is InChI=1S/C15H22O3/c1-9-6-12(16)8-15(3)5-4-11(7-13(9)15)10(2)14(17)18/h6,11-13,16H,2,4-5,7-8H2,1,3H3,(H,17,18)/t11-,12-,13+,15+/m1/s1. The molecule has 0 aromatic rings. The number of aliphatic hydroxyl groups excluding tert-OH is 1. The quantitative estimate of drug-likeness (QED) is 0.585. The summed E-state index contributed by atoms with van der Waals surface area (Å²) in [6, 6.07) is 0. The molecule has 2 rings (SSSR count). The van der Waals surface area contributed by atoms with Crippen molar-refractivity contribution in [3.8, 4) is 0 Å². The number of carboxylic acids is 1. The van der Waals surface area contributed by atoms with Gasteiger partial charge in [0.1, 0.15) is 0 Å². The summed E-state index contributed by atoms with van der Waals surface area (Å²) in [6.45, 7) is 7.98. The maximum atomic E-state index is 11.0. The van der Waals surface area contributed by atoms with Crippen LogP contribution in [0.2, 0.25) is 0 Å². The molecular weight excluding hydrogens is 228 g/mol. The van der Waals surface area contributed by atoms with Gasteiger partial charge in [0, 0.05) is 5.57 Å². The summed E-state index contributed by atoms with van der Waals surface area (Å²) in [5.41, 5.74) is 1.67. The van der Waals surface area contributed by atoms with E-state index in [1.54, 1.807) is 0 Å². The Morgan fingerprint density at radius 2 is 2.22 bits per heavy atom. The minimum absolute atomic E-state index is 0.0826. The van der Waals surface area contributed by atoms with Crippen LogP contribution < -0.4 is 0 Å². The lowest BCUT2D eigenvalue weighted by atomic mass is 9.57. The molecule has 100 valence electrons. The molecule has 0 radical (unpaired) electrons. The molecule has 0 amide bonds. The lowest BCUT2D eigenvalue weighted by molar-refractivity contribution is -0.133. The SMILES string of the molecule is C=C(C(=O)O)[C@@H]1CC[C@@]2(C)C[C@H](O)C=C(C)[C@@H]2C1. The maximum Gasteiger partial charge on any atom is 0.331 e. The van der Waals surface area contributed by atoms with Crippen molar-refractivity contribution in [1.82, 2.24) is 0 Å². The molecule has 0 bridgehead atoms. The highest BCUT2D eigenvalue weighted by molar-refractivity contribution is 5.86. The van der Waals surface area contributed by atoms with Crippen LogP contribution in [0.15, 0.2) is 23.8 Å². The Hall–Kier alpha value is -1.09. The molecule has 2 N–H and O–H groups in total. The van der Waals surface area contributed by atoms with Crippen LogP contribution in [0.5, 0.6) is 0 Å². The first-order valence-corrected chi connectivity index (χ1v) is 6.62. The van der Waals surface area contributed by atoms with Gasteiger partial charge in [-0.1, -0.05) is 25.2 Å². The summed E-state index contributed by atoms with van der Waals surface area (Å²) in [7, 11) is 0. The summed E-state index contributed by atoms with van der Waals surface area (Å²) >= 11 is 0. The van der Waals surface area contributed by atoms with Crippen molar-refractivity contribution in [3.63, 3.8) is 0 Å². The fraction of sp³-hybridized carbons (Fsp3) is 0.667. The number of hydrogen-bond acceptors (Lipinski definition) is 2. The van der Waals surface area contributed by atoms with E-state index in [9.17, 15) is 9.90 Å². The van der Waals surface area contributed by atoms with E-state index in [2.05, 4.69) is 20.4 Å². The second kappa shape index (κ2) is 4.54. The molecule has 0 aliphatic heterocycles. The molecule has 0 aromatic heterocycles. The number of allylic oxidation sites excluding steroid dienone is 1. The van der Waals surface area contributed by atoms with Crippen LogP contribution in [0.3, 0.4) is 0 Å². The fourth-order valence-electron chi connectivity index (χ4n) is 3.79. The van der Waals surface area contributed by atoms with Gasteiger partial charge in [-0.05, 0) is 49.9 Å². The van der Waals surface area contributed by atoms with Crippen LogP contribution in [-0.2, 0) is 4.79 Å². The summed E-state index contributed by atoms with van der Waals surface area (Å²) in [5.74, 6) is -0.406. The molecule has 0 spiro atoms. The lowest BCUT2D eigenvalue weighted by Gasteiger charge is -2.48. The third kappa shape index (κ3) is 2.24. The van der Waals surface area contributed by atoms with Crippen LogP contribution >= 0.6 is 0 Å². The van der Waals surface area contributed by atoms with Gasteiger partial charge in [-0.2, -0.15) is 0 Å². The van der Waals surface area contributed by atoms with E-state index in [0.717, 1.165) is 25.7 Å². The van der Waals surface area contributed by atoms with E-state index in [4.69, 9.17) is 5.11 Å². The molecule has 4 atom stereocenters. The van der Waals surface area contributed by atoms with Gasteiger partial charge in [-0.3, -0.25) is 0 Å². The highest BCUT2D eigenvalue weighted by atomic mass is 16.4. The molecule has 2 aliphatic rings. The van der Waals surface area contributed by atoms with Gasteiger partial charge < -0.3 is 10.2 Å². The van der Waals surface area contributed by atoms with Gasteiger partial charge in [-0.25, -0.2) is 4.79 Å². The number of carbonyl (C=O) groups is 1. The molecule has 3 nitrogen and oxygen atoms in total. The van der Waals surface area contributed by atoms with Crippen LogP contribution in [0.4, 0.5) is 0 Å². The molecule has 0 heterocycles.